The van der Waals surface area contributed by atoms with Crippen LogP contribution < -0.4 is 4.74 Å². The molecule has 0 radical (unpaired) electrons. The summed E-state index contributed by atoms with van der Waals surface area (Å²) in [6.07, 6.45) is 20.6. The van der Waals surface area contributed by atoms with E-state index in [4.69, 9.17) is 10.00 Å². The molecule has 3 heteroatoms. The molecule has 0 aliphatic carbocycles. The summed E-state index contributed by atoms with van der Waals surface area (Å²) in [6, 6.07) is 7.39. The molecule has 0 aliphatic heterocycles. The molecule has 1 aromatic heterocycles. The number of unbranched alkanes of at least 4 members (excludes halogenated alkanes) is 13. The molecule has 1 atom stereocenters. The molecule has 1 aromatic rings. The van der Waals surface area contributed by atoms with Gasteiger partial charge in [0.15, 0.2) is 0 Å². The number of hydrogen-bond donors (Lipinski definition) is 0. The topological polar surface area (TPSA) is 45.9 Å². The largest absolute Gasteiger partial charge is 0.475 e. The monoisotopic (exact) mass is 372 g/mol. The second-order valence-corrected chi connectivity index (χ2v) is 7.79. The van der Waals surface area contributed by atoms with Crippen molar-refractivity contribution in [2.45, 2.75) is 116 Å². The predicted molar refractivity (Wildman–Crippen MR) is 114 cm³/mol. The highest BCUT2D eigenvalue weighted by Crippen LogP contribution is 2.15. The summed E-state index contributed by atoms with van der Waals surface area (Å²) in [4.78, 5) is 4.17. The molecule has 3 nitrogen and oxygen atoms in total. The van der Waals surface area contributed by atoms with E-state index in [0.717, 1.165) is 6.42 Å². The molecule has 152 valence electrons. The molecule has 0 unspecified atom stereocenters. The van der Waals surface area contributed by atoms with Gasteiger partial charge < -0.3 is 4.74 Å². The zero-order valence-electron chi connectivity index (χ0n) is 17.7. The lowest BCUT2D eigenvalue weighted by Crippen LogP contribution is -2.12. The third-order valence-corrected chi connectivity index (χ3v) is 5.12. The minimum atomic E-state index is 0.156. The minimum Gasteiger partial charge on any atom is -0.475 e. The van der Waals surface area contributed by atoms with E-state index in [0.29, 0.717) is 11.6 Å². The van der Waals surface area contributed by atoms with Gasteiger partial charge in [0.25, 0.3) is 0 Å². The lowest BCUT2D eigenvalue weighted by molar-refractivity contribution is 0.198. The number of nitriles is 1. The van der Waals surface area contributed by atoms with Gasteiger partial charge in [0.1, 0.15) is 11.8 Å². The molecular weight excluding hydrogens is 332 g/mol. The van der Waals surface area contributed by atoms with E-state index in [2.05, 4.69) is 18.8 Å². The summed E-state index contributed by atoms with van der Waals surface area (Å²) >= 11 is 0. The summed E-state index contributed by atoms with van der Waals surface area (Å²) in [6.45, 7) is 4.37. The molecule has 0 amide bonds. The van der Waals surface area contributed by atoms with Crippen LogP contribution in [0.1, 0.15) is 116 Å². The predicted octanol–water partition coefficient (Wildman–Crippen LogP) is 7.59. The van der Waals surface area contributed by atoms with Crippen molar-refractivity contribution in [1.82, 2.24) is 4.98 Å². The summed E-state index contributed by atoms with van der Waals surface area (Å²) in [7, 11) is 0. The highest BCUT2D eigenvalue weighted by atomic mass is 16.5. The first-order chi connectivity index (χ1) is 13.3. The molecule has 0 fully saturated rings. The van der Waals surface area contributed by atoms with Gasteiger partial charge in [-0.25, -0.2) is 4.98 Å². The van der Waals surface area contributed by atoms with Crippen molar-refractivity contribution in [3.05, 3.63) is 23.9 Å². The average Bonchev–Trinajstić information content (AvgIpc) is 2.68. The Labute approximate surface area is 167 Å². The van der Waals surface area contributed by atoms with E-state index >= 15 is 0 Å². The number of aromatic nitrogens is 1. The van der Waals surface area contributed by atoms with E-state index in [1.54, 1.807) is 6.07 Å². The first-order valence-corrected chi connectivity index (χ1v) is 11.3. The van der Waals surface area contributed by atoms with Crippen molar-refractivity contribution < 1.29 is 4.74 Å². The Morgan fingerprint density at radius 1 is 0.852 bits per heavy atom. The molecule has 1 rings (SSSR count). The maximum absolute atomic E-state index is 8.87. The smallest absolute Gasteiger partial charge is 0.214 e. The molecule has 27 heavy (non-hydrogen) atoms. The lowest BCUT2D eigenvalue weighted by atomic mass is 10.0. The number of ether oxygens (including phenoxy) is 1. The van der Waals surface area contributed by atoms with E-state index < -0.39 is 0 Å². The number of nitrogens with zero attached hydrogens (tertiary/aromatic N) is 2. The Hall–Kier alpha value is -1.56. The summed E-state index contributed by atoms with van der Waals surface area (Å²) in [5.74, 6) is 0.562. The fraction of sp³-hybridized carbons (Fsp3) is 0.750. The van der Waals surface area contributed by atoms with Gasteiger partial charge in [-0.2, -0.15) is 5.26 Å². The quantitative estimate of drug-likeness (QED) is 0.265. The van der Waals surface area contributed by atoms with Crippen LogP contribution in [0.4, 0.5) is 0 Å². The highest BCUT2D eigenvalue weighted by Gasteiger charge is 2.05. The molecule has 0 aromatic carbocycles. The van der Waals surface area contributed by atoms with Crippen LogP contribution in [-0.2, 0) is 0 Å². The van der Waals surface area contributed by atoms with Crippen LogP contribution in [-0.4, -0.2) is 11.1 Å². The van der Waals surface area contributed by atoms with Crippen molar-refractivity contribution in [2.75, 3.05) is 0 Å². The number of rotatable bonds is 17. The SMILES string of the molecule is CCCCCCCCCCCCCCCC[C@@H](C)Oc1cccc(C#N)n1. The van der Waals surface area contributed by atoms with Crippen molar-refractivity contribution in [2.24, 2.45) is 0 Å². The molecule has 0 spiro atoms. The highest BCUT2D eigenvalue weighted by molar-refractivity contribution is 5.24. The van der Waals surface area contributed by atoms with Crippen molar-refractivity contribution in [3.8, 4) is 11.9 Å². The van der Waals surface area contributed by atoms with Gasteiger partial charge in [0, 0.05) is 6.07 Å². The van der Waals surface area contributed by atoms with Crippen LogP contribution in [0.2, 0.25) is 0 Å². The average molecular weight is 373 g/mol. The number of hydrogen-bond acceptors (Lipinski definition) is 3. The Kier molecular flexibility index (Phi) is 14.4. The normalized spacial score (nSPS) is 11.9. The van der Waals surface area contributed by atoms with Crippen LogP contribution in [0.25, 0.3) is 0 Å². The Morgan fingerprint density at radius 2 is 1.37 bits per heavy atom. The van der Waals surface area contributed by atoms with E-state index in [1.165, 1.54) is 89.9 Å². The molecule has 0 saturated heterocycles. The maximum atomic E-state index is 8.87. The lowest BCUT2D eigenvalue weighted by Gasteiger charge is -2.13. The van der Waals surface area contributed by atoms with Gasteiger partial charge in [0.2, 0.25) is 5.88 Å². The van der Waals surface area contributed by atoms with Gasteiger partial charge in [-0.15, -0.1) is 0 Å². The molecule has 0 aliphatic rings. The first kappa shape index (κ1) is 23.5. The summed E-state index contributed by atoms with van der Waals surface area (Å²) in [5.41, 5.74) is 0.413. The molecular formula is C24H40N2O. The summed E-state index contributed by atoms with van der Waals surface area (Å²) in [5, 5.41) is 8.87. The van der Waals surface area contributed by atoms with Gasteiger partial charge in [0.05, 0.1) is 6.10 Å². The maximum Gasteiger partial charge on any atom is 0.214 e. The van der Waals surface area contributed by atoms with Crippen molar-refractivity contribution in [1.29, 1.82) is 5.26 Å². The van der Waals surface area contributed by atoms with Gasteiger partial charge in [-0.1, -0.05) is 96.5 Å². The van der Waals surface area contributed by atoms with Crippen molar-refractivity contribution in [3.63, 3.8) is 0 Å². The number of pyridine rings is 1. The van der Waals surface area contributed by atoms with Gasteiger partial charge in [-0.3, -0.25) is 0 Å². The zero-order valence-corrected chi connectivity index (χ0v) is 17.7. The van der Waals surface area contributed by atoms with Crippen LogP contribution in [0.15, 0.2) is 18.2 Å². The molecule has 0 saturated carbocycles. The fourth-order valence-electron chi connectivity index (χ4n) is 3.43. The molecule has 1 heterocycles. The Morgan fingerprint density at radius 3 is 1.89 bits per heavy atom. The van der Waals surface area contributed by atoms with E-state index in [1.807, 2.05) is 18.2 Å². The Bertz CT molecular complexity index is 509. The van der Waals surface area contributed by atoms with Crippen LogP contribution >= 0.6 is 0 Å². The second kappa shape index (κ2) is 16.6. The molecule has 0 bridgehead atoms. The zero-order chi connectivity index (χ0) is 19.6. The van der Waals surface area contributed by atoms with Crippen LogP contribution in [0.3, 0.4) is 0 Å². The first-order valence-electron chi connectivity index (χ1n) is 11.3. The molecule has 0 N–H and O–H groups in total. The standard InChI is InChI=1S/C24H40N2O/c1-3-4-5-6-7-8-9-10-11-12-13-14-15-16-18-22(2)27-24-20-17-19-23(21-25)26-24/h17,19-20,22H,3-16,18H2,1-2H3/t22-/m1/s1. The van der Waals surface area contributed by atoms with Gasteiger partial charge in [-0.05, 0) is 25.8 Å². The van der Waals surface area contributed by atoms with Gasteiger partial charge >= 0.3 is 0 Å². The van der Waals surface area contributed by atoms with E-state index in [-0.39, 0.29) is 6.10 Å². The second-order valence-electron chi connectivity index (χ2n) is 7.79. The van der Waals surface area contributed by atoms with Crippen molar-refractivity contribution >= 4 is 0 Å². The van der Waals surface area contributed by atoms with Crippen LogP contribution in [0, 0.1) is 11.3 Å². The van der Waals surface area contributed by atoms with E-state index in [9.17, 15) is 0 Å². The fourth-order valence-corrected chi connectivity index (χ4v) is 3.43. The Balaban J connectivity index is 1.87. The van der Waals surface area contributed by atoms with Crippen LogP contribution in [0.5, 0.6) is 5.88 Å². The third kappa shape index (κ3) is 13.3. The summed E-state index contributed by atoms with van der Waals surface area (Å²) < 4.78 is 5.81. The minimum absolute atomic E-state index is 0.156. The third-order valence-electron chi connectivity index (χ3n) is 5.12.